The van der Waals surface area contributed by atoms with Crippen molar-refractivity contribution in [3.63, 3.8) is 0 Å². The van der Waals surface area contributed by atoms with Crippen LogP contribution in [-0.4, -0.2) is 54.4 Å². The van der Waals surface area contributed by atoms with Gasteiger partial charge in [-0.2, -0.15) is 0 Å². The molecular formula is C12H20N2O4. The Morgan fingerprint density at radius 2 is 2.00 bits per heavy atom. The Bertz CT molecular complexity index is 307. The first-order valence-electron chi connectivity index (χ1n) is 6.50. The number of nitrogens with one attached hydrogen (secondary N) is 1. The van der Waals surface area contributed by atoms with Gasteiger partial charge in [0.25, 0.3) is 0 Å². The number of ether oxygens (including phenoxy) is 1. The van der Waals surface area contributed by atoms with E-state index in [1.165, 1.54) is 0 Å². The second kappa shape index (κ2) is 6.04. The van der Waals surface area contributed by atoms with Crippen molar-refractivity contribution in [2.75, 3.05) is 26.3 Å². The number of amides is 2. The maximum atomic E-state index is 11.9. The van der Waals surface area contributed by atoms with E-state index in [9.17, 15) is 9.59 Å². The number of urea groups is 1. The minimum Gasteiger partial charge on any atom is -0.481 e. The fraction of sp³-hybridized carbons (Fsp3) is 0.833. The molecule has 0 saturated carbocycles. The van der Waals surface area contributed by atoms with Crippen LogP contribution in [0.5, 0.6) is 0 Å². The van der Waals surface area contributed by atoms with Crippen molar-refractivity contribution in [2.24, 2.45) is 5.92 Å². The molecule has 2 rings (SSSR count). The van der Waals surface area contributed by atoms with Crippen molar-refractivity contribution in [3.8, 4) is 0 Å². The van der Waals surface area contributed by atoms with Gasteiger partial charge in [-0.25, -0.2) is 4.79 Å². The lowest BCUT2D eigenvalue weighted by atomic mass is 9.94. The Morgan fingerprint density at radius 3 is 2.56 bits per heavy atom. The summed E-state index contributed by atoms with van der Waals surface area (Å²) < 4.78 is 5.21. The number of hydrogen-bond acceptors (Lipinski definition) is 3. The summed E-state index contributed by atoms with van der Waals surface area (Å²) in [7, 11) is 0. The normalized spacial score (nSPS) is 25.1. The van der Waals surface area contributed by atoms with Crippen molar-refractivity contribution in [1.82, 2.24) is 10.2 Å². The van der Waals surface area contributed by atoms with Gasteiger partial charge in [0.15, 0.2) is 0 Å². The fourth-order valence-electron chi connectivity index (χ4n) is 2.50. The molecule has 1 unspecified atom stereocenters. The molecule has 102 valence electrons. The van der Waals surface area contributed by atoms with E-state index >= 15 is 0 Å². The molecule has 0 aromatic carbocycles. The SMILES string of the molecule is O=C(O)CC1CCN(C(=O)NC2CCOC2)CC1. The molecule has 2 aliphatic rings. The molecule has 2 saturated heterocycles. The largest absolute Gasteiger partial charge is 0.481 e. The third-order valence-corrected chi connectivity index (χ3v) is 3.62. The molecule has 2 heterocycles. The Balaban J connectivity index is 1.71. The Labute approximate surface area is 106 Å². The summed E-state index contributed by atoms with van der Waals surface area (Å²) in [5.74, 6) is -0.539. The van der Waals surface area contributed by atoms with Gasteiger partial charge < -0.3 is 20.1 Å². The third-order valence-electron chi connectivity index (χ3n) is 3.62. The molecule has 2 fully saturated rings. The number of carbonyl (C=O) groups excluding carboxylic acids is 1. The van der Waals surface area contributed by atoms with Gasteiger partial charge in [0.05, 0.1) is 12.6 Å². The minimum atomic E-state index is -0.749. The lowest BCUT2D eigenvalue weighted by Crippen LogP contribution is -2.48. The topological polar surface area (TPSA) is 78.9 Å². The van der Waals surface area contributed by atoms with Crippen LogP contribution < -0.4 is 5.32 Å². The van der Waals surface area contributed by atoms with Gasteiger partial charge in [0.2, 0.25) is 0 Å². The lowest BCUT2D eigenvalue weighted by Gasteiger charge is -2.32. The number of nitrogens with zero attached hydrogens (tertiary/aromatic N) is 1. The predicted molar refractivity (Wildman–Crippen MR) is 64.3 cm³/mol. The molecule has 0 radical (unpaired) electrons. The lowest BCUT2D eigenvalue weighted by molar-refractivity contribution is -0.138. The highest BCUT2D eigenvalue weighted by molar-refractivity contribution is 5.74. The molecule has 1 atom stereocenters. The van der Waals surface area contributed by atoms with Crippen molar-refractivity contribution >= 4 is 12.0 Å². The maximum absolute atomic E-state index is 11.9. The molecule has 2 amide bonds. The van der Waals surface area contributed by atoms with Crippen LogP contribution >= 0.6 is 0 Å². The van der Waals surface area contributed by atoms with Crippen molar-refractivity contribution < 1.29 is 19.4 Å². The highest BCUT2D eigenvalue weighted by Gasteiger charge is 2.26. The summed E-state index contributed by atoms with van der Waals surface area (Å²) in [5.41, 5.74) is 0. The maximum Gasteiger partial charge on any atom is 0.317 e. The van der Waals surface area contributed by atoms with Crippen LogP contribution in [0.4, 0.5) is 4.79 Å². The van der Waals surface area contributed by atoms with Crippen LogP contribution in [0, 0.1) is 5.92 Å². The fourth-order valence-corrected chi connectivity index (χ4v) is 2.50. The minimum absolute atomic E-state index is 0.0423. The monoisotopic (exact) mass is 256 g/mol. The molecule has 0 aromatic heterocycles. The van der Waals surface area contributed by atoms with Crippen molar-refractivity contribution in [1.29, 1.82) is 0 Å². The first kappa shape index (κ1) is 13.1. The predicted octanol–water partition coefficient (Wildman–Crippen LogP) is 0.672. The van der Waals surface area contributed by atoms with E-state index in [0.717, 1.165) is 19.3 Å². The summed E-state index contributed by atoms with van der Waals surface area (Å²) >= 11 is 0. The van der Waals surface area contributed by atoms with Crippen molar-refractivity contribution in [2.45, 2.75) is 31.7 Å². The van der Waals surface area contributed by atoms with E-state index < -0.39 is 5.97 Å². The van der Waals surface area contributed by atoms with Gasteiger partial charge in [0.1, 0.15) is 0 Å². The summed E-state index contributed by atoms with van der Waals surface area (Å²) in [6.45, 7) is 2.61. The summed E-state index contributed by atoms with van der Waals surface area (Å²) in [5, 5.41) is 11.7. The third kappa shape index (κ3) is 3.60. The molecular weight excluding hydrogens is 236 g/mol. The molecule has 2 aliphatic heterocycles. The number of carboxylic acids is 1. The highest BCUT2D eigenvalue weighted by atomic mass is 16.5. The standard InChI is InChI=1S/C12H20N2O4/c15-11(16)7-9-1-4-14(5-2-9)12(17)13-10-3-6-18-8-10/h9-10H,1-8H2,(H,13,17)(H,15,16). The smallest absolute Gasteiger partial charge is 0.317 e. The molecule has 0 spiro atoms. The first-order chi connectivity index (χ1) is 8.65. The van der Waals surface area contributed by atoms with Crippen LogP contribution in [0.1, 0.15) is 25.7 Å². The summed E-state index contributed by atoms with van der Waals surface area (Å²) in [6.07, 6.45) is 2.65. The molecule has 0 aliphatic carbocycles. The summed E-state index contributed by atoms with van der Waals surface area (Å²) in [6, 6.07) is 0.0912. The number of rotatable bonds is 3. The van der Waals surface area contributed by atoms with E-state index in [1.54, 1.807) is 4.90 Å². The second-order valence-electron chi connectivity index (χ2n) is 5.04. The van der Waals surface area contributed by atoms with Crippen LogP contribution in [-0.2, 0) is 9.53 Å². The van der Waals surface area contributed by atoms with Crippen LogP contribution in [0.3, 0.4) is 0 Å². The molecule has 0 bridgehead atoms. The average molecular weight is 256 g/mol. The van der Waals surface area contributed by atoms with Gasteiger partial charge in [-0.05, 0) is 25.2 Å². The van der Waals surface area contributed by atoms with Crippen molar-refractivity contribution in [3.05, 3.63) is 0 Å². The van der Waals surface area contributed by atoms with Crippen LogP contribution in [0.25, 0.3) is 0 Å². The van der Waals surface area contributed by atoms with E-state index in [-0.39, 0.29) is 24.4 Å². The Morgan fingerprint density at radius 1 is 1.28 bits per heavy atom. The van der Waals surface area contributed by atoms with Gasteiger partial charge in [0, 0.05) is 26.1 Å². The quantitative estimate of drug-likeness (QED) is 0.778. The van der Waals surface area contributed by atoms with Gasteiger partial charge >= 0.3 is 12.0 Å². The highest BCUT2D eigenvalue weighted by Crippen LogP contribution is 2.20. The van der Waals surface area contributed by atoms with Crippen LogP contribution in [0.15, 0.2) is 0 Å². The molecule has 18 heavy (non-hydrogen) atoms. The number of carboxylic acid groups (broad SMARTS) is 1. The number of likely N-dealkylation sites (tertiary alicyclic amines) is 1. The van der Waals surface area contributed by atoms with Crippen LogP contribution in [0.2, 0.25) is 0 Å². The number of hydrogen-bond donors (Lipinski definition) is 2. The van der Waals surface area contributed by atoms with Gasteiger partial charge in [-0.1, -0.05) is 0 Å². The van der Waals surface area contributed by atoms with E-state index in [1.807, 2.05) is 0 Å². The molecule has 0 aromatic rings. The Kier molecular flexibility index (Phi) is 4.41. The average Bonchev–Trinajstić information content (AvgIpc) is 2.82. The van der Waals surface area contributed by atoms with E-state index in [2.05, 4.69) is 5.32 Å². The Hall–Kier alpha value is -1.30. The molecule has 6 nitrogen and oxygen atoms in total. The molecule has 2 N–H and O–H groups in total. The zero-order valence-electron chi connectivity index (χ0n) is 10.4. The number of aliphatic carboxylic acids is 1. The van der Waals surface area contributed by atoms with Gasteiger partial charge in [-0.15, -0.1) is 0 Å². The van der Waals surface area contributed by atoms with E-state index in [0.29, 0.717) is 26.3 Å². The summed E-state index contributed by atoms with van der Waals surface area (Å²) in [4.78, 5) is 24.3. The molecule has 6 heteroatoms. The first-order valence-corrected chi connectivity index (χ1v) is 6.50. The second-order valence-corrected chi connectivity index (χ2v) is 5.04. The zero-order valence-corrected chi connectivity index (χ0v) is 10.4. The number of piperidine rings is 1. The van der Waals surface area contributed by atoms with E-state index in [4.69, 9.17) is 9.84 Å². The zero-order chi connectivity index (χ0) is 13.0. The van der Waals surface area contributed by atoms with Gasteiger partial charge in [-0.3, -0.25) is 4.79 Å². The number of carbonyl (C=O) groups is 2.